The van der Waals surface area contributed by atoms with Crippen molar-refractivity contribution in [2.45, 2.75) is 0 Å². The third-order valence-electron chi connectivity index (χ3n) is 0.0786. The Bertz CT molecular complexity index is 29.3. The average Bonchev–Trinajstić information content (AvgIpc) is 1.38. The molecule has 0 bridgehead atoms. The van der Waals surface area contributed by atoms with E-state index in [0.717, 1.165) is 0 Å². The molecule has 0 saturated heterocycles. The van der Waals surface area contributed by atoms with Gasteiger partial charge in [0, 0.05) is 7.32 Å². The first-order valence-electron chi connectivity index (χ1n) is 0.874. The molecule has 0 heterocycles. The van der Waals surface area contributed by atoms with E-state index in [-0.39, 0.29) is 122 Å². The van der Waals surface area contributed by atoms with Gasteiger partial charge in [0.05, 0.1) is 0 Å². The molecule has 14 heteroatoms. The summed E-state index contributed by atoms with van der Waals surface area (Å²) in [5.74, 6) is 0. The largest absolute Gasteiger partial charge is 1.00 e. The molecule has 0 amide bonds. The minimum atomic E-state index is -2.67. The number of hydrogen-bond donors (Lipinski definition) is 0. The average molecular weight is 252 g/mol. The summed E-state index contributed by atoms with van der Waals surface area (Å²) in [6.07, 6.45) is 0. The maximum absolute atomic E-state index is 8.81. The first-order valence-corrected chi connectivity index (χ1v) is 0.874. The van der Waals surface area contributed by atoms with Crippen LogP contribution in [-0.2, 0) is 4.81 Å². The minimum absolute atomic E-state index is 0. The van der Waals surface area contributed by atoms with Gasteiger partial charge in [0.2, 0.25) is 0 Å². The van der Waals surface area contributed by atoms with E-state index in [4.69, 9.17) is 15.3 Å². The van der Waals surface area contributed by atoms with Crippen molar-refractivity contribution in [1.82, 2.24) is 0 Å². The predicted molar refractivity (Wildman–Crippen MR) is 28.5 cm³/mol. The van der Waals surface area contributed by atoms with Gasteiger partial charge in [-0.05, 0) is 0 Å². The van der Waals surface area contributed by atoms with Crippen LogP contribution in [0.5, 0.6) is 0 Å². The molecule has 0 fully saturated rings. The predicted octanol–water partition coefficient (Wildman–Crippen LogP) is -18.0. The number of rotatable bonds is 1. The van der Waals surface area contributed by atoms with Crippen LogP contribution < -0.4 is 104 Å². The van der Waals surface area contributed by atoms with E-state index in [9.17, 15) is 0 Å². The Balaban J connectivity index is -0.00000000222. The van der Waals surface area contributed by atoms with Crippen LogP contribution in [0.2, 0.25) is 0 Å². The van der Waals surface area contributed by atoms with Crippen LogP contribution in [0.1, 0.15) is 0 Å². The summed E-state index contributed by atoms with van der Waals surface area (Å²) in [6.45, 7) is 0. The molecule has 0 rings (SSSR count). The van der Waals surface area contributed by atoms with Gasteiger partial charge >= 0.3 is 88.7 Å². The zero-order chi connectivity index (χ0) is 4.28. The molecule has 0 saturated carbocycles. The van der Waals surface area contributed by atoms with Crippen molar-refractivity contribution >= 4 is 7.32 Å². The van der Waals surface area contributed by atoms with Crippen molar-refractivity contribution in [3.63, 3.8) is 0 Å². The second-order valence-corrected chi connectivity index (χ2v) is 0.385. The molecule has 0 aromatic heterocycles. The smallest absolute Gasteiger partial charge is 0.871 e. The summed E-state index contributed by atoms with van der Waals surface area (Å²) >= 11 is 0. The van der Waals surface area contributed by atoms with Crippen LogP contribution in [-0.4, -0.2) is 40.2 Å². The summed E-state index contributed by atoms with van der Waals surface area (Å²) in [6, 6.07) is 0. The Morgan fingerprint density at radius 2 is 0.714 bits per heavy atom. The molecule has 0 aliphatic heterocycles. The second kappa shape index (κ2) is 75.8. The molecule has 0 unspecified atom stereocenters. The molecule has 0 aliphatic rings. The van der Waals surface area contributed by atoms with Crippen LogP contribution in [0.15, 0.2) is 0 Å². The first-order chi connectivity index (χ1) is 2.27. The molecular formula is H12BNa3O10. The minimum Gasteiger partial charge on any atom is -0.871 e. The Kier molecular flexibility index (Phi) is 499. The van der Waals surface area contributed by atoms with Crippen LogP contribution in [0.3, 0.4) is 0 Å². The summed E-state index contributed by atoms with van der Waals surface area (Å²) in [5, 5.41) is 26.1. The SMILES string of the molecule is O.O.O.O.O.O.[Na+].[Na+].[Na+].[O-]OB([O-])[O-]. The first kappa shape index (κ1) is 92.1. The molecule has 0 spiro atoms. The maximum atomic E-state index is 8.81. The molecule has 0 aliphatic carbocycles. The molecule has 14 heavy (non-hydrogen) atoms. The van der Waals surface area contributed by atoms with Gasteiger partial charge in [0.1, 0.15) is 0 Å². The van der Waals surface area contributed by atoms with Crippen molar-refractivity contribution in [2.75, 3.05) is 0 Å². The van der Waals surface area contributed by atoms with Crippen molar-refractivity contribution in [3.05, 3.63) is 0 Å². The van der Waals surface area contributed by atoms with Gasteiger partial charge in [0.15, 0.2) is 0 Å². The Labute approximate surface area is 147 Å². The fourth-order valence-corrected chi connectivity index (χ4v) is 0. The fourth-order valence-electron chi connectivity index (χ4n) is 0. The van der Waals surface area contributed by atoms with Gasteiger partial charge in [-0.3, -0.25) is 0 Å². The zero-order valence-electron chi connectivity index (χ0n) is 8.21. The topological polar surface area (TPSA) is 267 Å². The molecule has 0 radical (unpaired) electrons. The molecular weight excluding hydrogens is 240 g/mol. The van der Waals surface area contributed by atoms with E-state index in [1.54, 1.807) is 0 Å². The Morgan fingerprint density at radius 3 is 0.714 bits per heavy atom. The molecule has 0 aromatic carbocycles. The van der Waals surface area contributed by atoms with Crippen molar-refractivity contribution < 1.29 is 142 Å². The van der Waals surface area contributed by atoms with E-state index in [0.29, 0.717) is 0 Å². The van der Waals surface area contributed by atoms with E-state index in [1.807, 2.05) is 0 Å². The van der Waals surface area contributed by atoms with E-state index in [2.05, 4.69) is 4.81 Å². The molecule has 0 aromatic rings. The molecule has 10 nitrogen and oxygen atoms in total. The van der Waals surface area contributed by atoms with Gasteiger partial charge < -0.3 is 53.0 Å². The van der Waals surface area contributed by atoms with Gasteiger partial charge in [-0.2, -0.15) is 0 Å². The molecule has 0 atom stereocenters. The molecule has 78 valence electrons. The Hall–Kier alpha value is 2.66. The van der Waals surface area contributed by atoms with E-state index in [1.165, 1.54) is 0 Å². The maximum Gasteiger partial charge on any atom is 1.00 e. The van der Waals surface area contributed by atoms with Crippen LogP contribution >= 0.6 is 0 Å². The van der Waals surface area contributed by atoms with Crippen LogP contribution in [0, 0.1) is 0 Å². The summed E-state index contributed by atoms with van der Waals surface area (Å²) < 4.78 is 0. The quantitative estimate of drug-likeness (QED) is 0.249. The summed E-state index contributed by atoms with van der Waals surface area (Å²) in [5.41, 5.74) is 0. The van der Waals surface area contributed by atoms with Gasteiger partial charge in [-0.15, -0.1) is 0 Å². The molecule has 12 N–H and O–H groups in total. The standard InChI is InChI=1S/BHO4.3Na.6H2O/c2-1(3)5-4;;;;;;;;;/h4H;;;;6*1H2/q-2;3*+1;;;;;;/p-1. The zero-order valence-corrected chi connectivity index (χ0v) is 14.2. The van der Waals surface area contributed by atoms with Gasteiger partial charge in [-0.1, -0.05) is 0 Å². The van der Waals surface area contributed by atoms with Crippen molar-refractivity contribution in [1.29, 1.82) is 0 Å². The fraction of sp³-hybridized carbons (Fsp3) is 0. The van der Waals surface area contributed by atoms with Gasteiger partial charge in [-0.25, -0.2) is 0 Å². The summed E-state index contributed by atoms with van der Waals surface area (Å²) in [4.78, 5) is 2.39. The summed E-state index contributed by atoms with van der Waals surface area (Å²) in [7, 11) is -2.67. The monoisotopic (exact) mass is 252 g/mol. The van der Waals surface area contributed by atoms with Crippen molar-refractivity contribution in [3.8, 4) is 0 Å². The Morgan fingerprint density at radius 1 is 0.643 bits per heavy atom. The van der Waals surface area contributed by atoms with Crippen molar-refractivity contribution in [2.24, 2.45) is 0 Å². The van der Waals surface area contributed by atoms with Gasteiger partial charge in [0.25, 0.3) is 0 Å². The second-order valence-electron chi connectivity index (χ2n) is 0.385. The van der Waals surface area contributed by atoms with Crippen LogP contribution in [0.25, 0.3) is 0 Å². The third-order valence-corrected chi connectivity index (χ3v) is 0.0786. The normalized spacial score (nSPS) is 2.79. The van der Waals surface area contributed by atoms with E-state index >= 15 is 0 Å². The number of hydrogen-bond acceptors (Lipinski definition) is 4. The third kappa shape index (κ3) is 126. The van der Waals surface area contributed by atoms with Crippen LogP contribution in [0.4, 0.5) is 0 Å². The van der Waals surface area contributed by atoms with E-state index < -0.39 is 7.32 Å².